The molecule has 0 unspecified atom stereocenters. The average molecular weight is 394 g/mol. The summed E-state index contributed by atoms with van der Waals surface area (Å²) in [7, 11) is 3.88. The maximum Gasteiger partial charge on any atom is 0.267 e. The molecule has 154 valence electrons. The first-order valence-corrected chi connectivity index (χ1v) is 9.78. The molecular weight excluding hydrogens is 362 g/mol. The largest absolute Gasteiger partial charge is 0.349 e. The van der Waals surface area contributed by atoms with Crippen molar-refractivity contribution in [2.75, 3.05) is 27.2 Å². The molecule has 0 bridgehead atoms. The maximum absolute atomic E-state index is 12.7. The van der Waals surface area contributed by atoms with E-state index in [2.05, 4.69) is 31.4 Å². The molecular formula is C24H31N3O2. The van der Waals surface area contributed by atoms with Crippen LogP contribution in [-0.4, -0.2) is 43.9 Å². The van der Waals surface area contributed by atoms with Crippen molar-refractivity contribution in [2.24, 2.45) is 0 Å². The standard InChI is InChI=1S/C24H31N3O2/c1-24(2,3)20-13-11-18(12-14-20)17-21(23(29)25-15-16-27(4)5)26-22(28)19-9-7-6-8-10-19/h6-14,17H,15-16H2,1-5H3,(H,25,29)(H,26,28)/b21-17+. The highest BCUT2D eigenvalue weighted by Gasteiger charge is 2.16. The number of benzene rings is 2. The van der Waals surface area contributed by atoms with Crippen LogP contribution in [-0.2, 0) is 10.2 Å². The van der Waals surface area contributed by atoms with Crippen molar-refractivity contribution < 1.29 is 9.59 Å². The zero-order chi connectivity index (χ0) is 21.4. The van der Waals surface area contributed by atoms with E-state index in [0.29, 0.717) is 18.7 Å². The van der Waals surface area contributed by atoms with Crippen molar-refractivity contribution in [1.29, 1.82) is 0 Å². The fourth-order valence-electron chi connectivity index (χ4n) is 2.68. The number of carbonyl (C=O) groups is 2. The Morgan fingerprint density at radius 1 is 0.966 bits per heavy atom. The summed E-state index contributed by atoms with van der Waals surface area (Å²) in [5.74, 6) is -0.623. The van der Waals surface area contributed by atoms with Gasteiger partial charge in [0.25, 0.3) is 11.8 Å². The molecule has 0 saturated heterocycles. The highest BCUT2D eigenvalue weighted by atomic mass is 16.2. The lowest BCUT2D eigenvalue weighted by atomic mass is 9.86. The molecule has 5 heteroatoms. The molecule has 2 amide bonds. The average Bonchev–Trinajstić information content (AvgIpc) is 2.67. The number of likely N-dealkylation sites (N-methyl/N-ethyl adjacent to an activating group) is 1. The number of carbonyl (C=O) groups excluding carboxylic acids is 2. The van der Waals surface area contributed by atoms with Gasteiger partial charge in [-0.05, 0) is 48.8 Å². The molecule has 0 aliphatic carbocycles. The molecule has 0 aromatic heterocycles. The molecule has 0 aliphatic rings. The Hall–Kier alpha value is -2.92. The number of rotatable bonds is 7. The normalized spacial score (nSPS) is 12.0. The second kappa shape index (κ2) is 10.0. The minimum atomic E-state index is -0.314. The highest BCUT2D eigenvalue weighted by Crippen LogP contribution is 2.22. The van der Waals surface area contributed by atoms with Gasteiger partial charge in [0, 0.05) is 18.7 Å². The predicted molar refractivity (Wildman–Crippen MR) is 119 cm³/mol. The second-order valence-electron chi connectivity index (χ2n) is 8.31. The number of hydrogen-bond donors (Lipinski definition) is 2. The van der Waals surface area contributed by atoms with Gasteiger partial charge in [0.05, 0.1) is 0 Å². The van der Waals surface area contributed by atoms with Crippen molar-refractivity contribution >= 4 is 17.9 Å². The first kappa shape index (κ1) is 22.4. The fourth-order valence-corrected chi connectivity index (χ4v) is 2.68. The summed E-state index contributed by atoms with van der Waals surface area (Å²) in [4.78, 5) is 27.3. The zero-order valence-corrected chi connectivity index (χ0v) is 18.0. The summed E-state index contributed by atoms with van der Waals surface area (Å²) in [6, 6.07) is 16.9. The van der Waals surface area contributed by atoms with Gasteiger partial charge in [-0.15, -0.1) is 0 Å². The number of nitrogens with zero attached hydrogens (tertiary/aromatic N) is 1. The van der Waals surface area contributed by atoms with Crippen LogP contribution in [0.4, 0.5) is 0 Å². The first-order chi connectivity index (χ1) is 13.7. The minimum Gasteiger partial charge on any atom is -0.349 e. The number of nitrogens with one attached hydrogen (secondary N) is 2. The van der Waals surface area contributed by atoms with Gasteiger partial charge in [-0.2, -0.15) is 0 Å². The SMILES string of the molecule is CN(C)CCNC(=O)/C(=C\c1ccc(C(C)(C)C)cc1)NC(=O)c1ccccc1. The minimum absolute atomic E-state index is 0.0517. The molecule has 5 nitrogen and oxygen atoms in total. The summed E-state index contributed by atoms with van der Waals surface area (Å²) < 4.78 is 0. The molecule has 2 aromatic rings. The quantitative estimate of drug-likeness (QED) is 0.709. The van der Waals surface area contributed by atoms with E-state index in [9.17, 15) is 9.59 Å². The molecule has 0 atom stereocenters. The van der Waals surface area contributed by atoms with Gasteiger partial charge < -0.3 is 15.5 Å². The lowest BCUT2D eigenvalue weighted by molar-refractivity contribution is -0.117. The third kappa shape index (κ3) is 7.20. The van der Waals surface area contributed by atoms with Gasteiger partial charge >= 0.3 is 0 Å². The van der Waals surface area contributed by atoms with E-state index in [0.717, 1.165) is 5.56 Å². The van der Waals surface area contributed by atoms with E-state index in [1.165, 1.54) is 5.56 Å². The first-order valence-electron chi connectivity index (χ1n) is 9.78. The van der Waals surface area contributed by atoms with Crippen LogP contribution in [0.3, 0.4) is 0 Å². The summed E-state index contributed by atoms with van der Waals surface area (Å²) in [5.41, 5.74) is 2.84. The van der Waals surface area contributed by atoms with E-state index in [-0.39, 0.29) is 22.9 Å². The van der Waals surface area contributed by atoms with Gasteiger partial charge in [0.15, 0.2) is 0 Å². The highest BCUT2D eigenvalue weighted by molar-refractivity contribution is 6.05. The molecule has 0 fully saturated rings. The fraction of sp³-hybridized carbons (Fsp3) is 0.333. The van der Waals surface area contributed by atoms with Crippen LogP contribution >= 0.6 is 0 Å². The van der Waals surface area contributed by atoms with Gasteiger partial charge in [0.1, 0.15) is 5.70 Å². The maximum atomic E-state index is 12.7. The molecule has 0 spiro atoms. The van der Waals surface area contributed by atoms with E-state index >= 15 is 0 Å². The van der Waals surface area contributed by atoms with Crippen molar-refractivity contribution in [3.63, 3.8) is 0 Å². The molecule has 0 saturated carbocycles. The smallest absolute Gasteiger partial charge is 0.267 e. The Morgan fingerprint density at radius 3 is 2.14 bits per heavy atom. The Bertz CT molecular complexity index is 848. The molecule has 0 radical (unpaired) electrons. The van der Waals surface area contributed by atoms with Gasteiger partial charge in [-0.1, -0.05) is 63.2 Å². The molecule has 0 heterocycles. The third-order valence-electron chi connectivity index (χ3n) is 4.46. The van der Waals surface area contributed by atoms with Crippen molar-refractivity contribution in [3.05, 3.63) is 77.0 Å². The second-order valence-corrected chi connectivity index (χ2v) is 8.31. The van der Waals surface area contributed by atoms with Crippen molar-refractivity contribution in [3.8, 4) is 0 Å². The Balaban J connectivity index is 2.24. The Kier molecular flexibility index (Phi) is 7.74. The van der Waals surface area contributed by atoms with Crippen molar-refractivity contribution in [1.82, 2.24) is 15.5 Å². The van der Waals surface area contributed by atoms with Crippen LogP contribution in [0.5, 0.6) is 0 Å². The van der Waals surface area contributed by atoms with E-state index in [4.69, 9.17) is 0 Å². The van der Waals surface area contributed by atoms with Crippen LogP contribution in [0.15, 0.2) is 60.3 Å². The van der Waals surface area contributed by atoms with Gasteiger partial charge in [-0.3, -0.25) is 9.59 Å². The van der Waals surface area contributed by atoms with Gasteiger partial charge in [-0.25, -0.2) is 0 Å². The summed E-state index contributed by atoms with van der Waals surface area (Å²) in [6.07, 6.45) is 1.71. The topological polar surface area (TPSA) is 61.4 Å². The molecule has 0 aliphatic heterocycles. The lowest BCUT2D eigenvalue weighted by Crippen LogP contribution is -2.37. The van der Waals surface area contributed by atoms with Crippen LogP contribution in [0, 0.1) is 0 Å². The monoisotopic (exact) mass is 393 g/mol. The Labute approximate surface area is 173 Å². The zero-order valence-electron chi connectivity index (χ0n) is 18.0. The summed E-state index contributed by atoms with van der Waals surface area (Å²) >= 11 is 0. The summed E-state index contributed by atoms with van der Waals surface area (Å²) in [5, 5.41) is 5.62. The Morgan fingerprint density at radius 2 is 1.59 bits per heavy atom. The molecule has 2 N–H and O–H groups in total. The van der Waals surface area contributed by atoms with Crippen LogP contribution < -0.4 is 10.6 Å². The molecule has 29 heavy (non-hydrogen) atoms. The van der Waals surface area contributed by atoms with Crippen LogP contribution in [0.2, 0.25) is 0 Å². The van der Waals surface area contributed by atoms with Crippen molar-refractivity contribution in [2.45, 2.75) is 26.2 Å². The van der Waals surface area contributed by atoms with E-state index < -0.39 is 0 Å². The number of amides is 2. The molecule has 2 rings (SSSR count). The van der Waals surface area contributed by atoms with Crippen LogP contribution in [0.1, 0.15) is 42.3 Å². The predicted octanol–water partition coefficient (Wildman–Crippen LogP) is 3.43. The van der Waals surface area contributed by atoms with E-state index in [1.54, 1.807) is 30.3 Å². The third-order valence-corrected chi connectivity index (χ3v) is 4.46. The number of hydrogen-bond acceptors (Lipinski definition) is 3. The lowest BCUT2D eigenvalue weighted by Gasteiger charge is -2.19. The van der Waals surface area contributed by atoms with Gasteiger partial charge in [0.2, 0.25) is 0 Å². The summed E-state index contributed by atoms with van der Waals surface area (Å²) in [6.45, 7) is 7.67. The van der Waals surface area contributed by atoms with Crippen LogP contribution in [0.25, 0.3) is 6.08 Å². The molecule has 2 aromatic carbocycles. The van der Waals surface area contributed by atoms with E-state index in [1.807, 2.05) is 49.3 Å².